The number of hydrogen-bond acceptors (Lipinski definition) is 10. The summed E-state index contributed by atoms with van der Waals surface area (Å²) in [5.74, 6) is 0.256. The van der Waals surface area contributed by atoms with Gasteiger partial charge < -0.3 is 22.9 Å². The number of hydrogen-bond donors (Lipinski definition) is 0. The first-order valence-electron chi connectivity index (χ1n) is 17.2. The van der Waals surface area contributed by atoms with Gasteiger partial charge >= 0.3 is 0 Å². The zero-order valence-corrected chi connectivity index (χ0v) is 35.2. The average molecular weight is 728 g/mol. The Morgan fingerprint density at radius 3 is 1.96 bits per heavy atom. The van der Waals surface area contributed by atoms with Crippen LogP contribution >= 0.6 is 0 Å². The Morgan fingerprint density at radius 1 is 0.755 bits per heavy atom. The highest BCUT2D eigenvalue weighted by molar-refractivity contribution is 6.75. The second kappa shape index (κ2) is 12.9. The van der Waals surface area contributed by atoms with Gasteiger partial charge in [0.1, 0.15) is 35.7 Å². The highest BCUT2D eigenvalue weighted by atomic mass is 28.4. The number of fused-ring (bicyclic) bond motifs is 2. The predicted octanol–water partition coefficient (Wildman–Crippen LogP) is 8.11. The van der Waals surface area contributed by atoms with Gasteiger partial charge in [-0.3, -0.25) is 4.57 Å². The fraction of sp³-hybridized carbons (Fsp3) is 0.676. The van der Waals surface area contributed by atoms with Crippen LogP contribution in [0.2, 0.25) is 54.4 Å². The van der Waals surface area contributed by atoms with Gasteiger partial charge in [-0.2, -0.15) is 4.98 Å². The Balaban J connectivity index is 1.59. The molecule has 12 nitrogen and oxygen atoms in total. The molecule has 0 bridgehead atoms. The molecule has 4 aromatic rings. The van der Waals surface area contributed by atoms with E-state index in [4.69, 9.17) is 27.8 Å². The minimum atomic E-state index is -2.34. The molecule has 0 N–H and O–H groups in total. The molecule has 15 heteroatoms. The predicted molar refractivity (Wildman–Crippen MR) is 200 cm³/mol. The van der Waals surface area contributed by atoms with Crippen LogP contribution in [0.1, 0.15) is 68.5 Å². The molecule has 5 rings (SSSR count). The maximum absolute atomic E-state index is 7.33. The Bertz CT molecular complexity index is 1770. The van der Waals surface area contributed by atoms with Crippen molar-refractivity contribution in [3.8, 4) is 5.88 Å². The van der Waals surface area contributed by atoms with E-state index in [9.17, 15) is 0 Å². The summed E-state index contributed by atoms with van der Waals surface area (Å²) in [6.45, 7) is 34.4. The second-order valence-corrected chi connectivity index (χ2v) is 32.2. The summed E-state index contributed by atoms with van der Waals surface area (Å²) >= 11 is 0. The van der Waals surface area contributed by atoms with Crippen LogP contribution in [0.25, 0.3) is 22.2 Å². The first kappa shape index (κ1) is 37.7. The molecule has 0 unspecified atom stereocenters. The summed E-state index contributed by atoms with van der Waals surface area (Å²) in [5.41, 5.74) is 2.45. The van der Waals surface area contributed by atoms with Crippen LogP contribution in [0.5, 0.6) is 5.88 Å². The molecule has 4 heterocycles. The summed E-state index contributed by atoms with van der Waals surface area (Å²) in [6.07, 6.45) is 1.42. The van der Waals surface area contributed by atoms with Crippen LogP contribution in [0.4, 0.5) is 0 Å². The molecule has 4 atom stereocenters. The van der Waals surface area contributed by atoms with E-state index in [1.165, 1.54) is 11.2 Å². The monoisotopic (exact) mass is 727 g/mol. The standard InChI is InChI=1S/C34H57N7O5Si3/c1-32(2,3)47(10,11)42-20-25-27(45-48(12,13)33(4,5)6)28(46-49(14,15)34(7,8)9)31(43-25)40-22-37-26-29(40)35-21-36-30(26)44-41-24-19-17-16-18-23(24)38-39-41/h16-19,21-22,25,27-28,31H,20H2,1-15H3/t25-,27-,28-,31-/m1/s1. The summed E-state index contributed by atoms with van der Waals surface area (Å²) in [7, 11) is -6.75. The zero-order chi connectivity index (χ0) is 36.4. The number of nitrogens with zero attached hydrogens (tertiary/aromatic N) is 7. The van der Waals surface area contributed by atoms with Gasteiger partial charge in [0.2, 0.25) is 0 Å². The third-order valence-corrected chi connectivity index (χ3v) is 24.7. The van der Waals surface area contributed by atoms with Gasteiger partial charge in [0.05, 0.1) is 12.9 Å². The number of benzene rings is 1. The van der Waals surface area contributed by atoms with Crippen LogP contribution in [-0.2, 0) is 18.0 Å². The van der Waals surface area contributed by atoms with Crippen LogP contribution in [-0.4, -0.2) is 84.5 Å². The van der Waals surface area contributed by atoms with Crippen molar-refractivity contribution in [1.29, 1.82) is 0 Å². The van der Waals surface area contributed by atoms with Gasteiger partial charge in [0.25, 0.3) is 5.88 Å². The normalized spacial score (nSPS) is 21.6. The van der Waals surface area contributed by atoms with E-state index >= 15 is 0 Å². The maximum Gasteiger partial charge on any atom is 0.280 e. The Labute approximate surface area is 294 Å². The molecule has 0 aliphatic carbocycles. The summed E-state index contributed by atoms with van der Waals surface area (Å²) < 4.78 is 30.5. The highest BCUT2D eigenvalue weighted by Crippen LogP contribution is 2.47. The largest absolute Gasteiger partial charge is 0.414 e. The molecule has 1 aromatic carbocycles. The lowest BCUT2D eigenvalue weighted by atomic mass is 10.1. The van der Waals surface area contributed by atoms with E-state index in [1.54, 1.807) is 6.33 Å². The van der Waals surface area contributed by atoms with E-state index in [0.717, 1.165) is 0 Å². The van der Waals surface area contributed by atoms with Crippen molar-refractivity contribution in [2.75, 3.05) is 6.61 Å². The SMILES string of the molecule is CC(C)(C)[Si](C)(C)OC[C@H]1O[C@@H](n2cnc3c(On4nnc5ccccc54)ncnc32)[C@H](O[Si](C)(C)C(C)(C)C)[C@@H]1O[Si](C)(C)C(C)(C)C. The van der Waals surface area contributed by atoms with Crippen molar-refractivity contribution >= 4 is 47.1 Å². The molecule has 0 amide bonds. The maximum atomic E-state index is 7.33. The molecule has 3 aromatic heterocycles. The van der Waals surface area contributed by atoms with E-state index in [0.29, 0.717) is 28.8 Å². The lowest BCUT2D eigenvalue weighted by molar-refractivity contribution is -0.0470. The summed E-state index contributed by atoms with van der Waals surface area (Å²) in [5, 5.41) is 8.35. The molecule has 1 aliphatic heterocycles. The molecule has 0 saturated carbocycles. The van der Waals surface area contributed by atoms with Gasteiger partial charge in [-0.05, 0) is 71.7 Å². The molecule has 0 spiro atoms. The van der Waals surface area contributed by atoms with Crippen LogP contribution < -0.4 is 4.84 Å². The van der Waals surface area contributed by atoms with E-state index < -0.39 is 37.3 Å². The molecule has 1 aliphatic rings. The summed E-state index contributed by atoms with van der Waals surface area (Å²) in [6, 6.07) is 7.57. The van der Waals surface area contributed by atoms with Gasteiger partial charge in [-0.1, -0.05) is 79.3 Å². The minimum Gasteiger partial charge on any atom is -0.414 e. The van der Waals surface area contributed by atoms with Crippen LogP contribution in [0, 0.1) is 0 Å². The first-order chi connectivity index (χ1) is 22.4. The molecule has 49 heavy (non-hydrogen) atoms. The minimum absolute atomic E-state index is 0.0237. The highest BCUT2D eigenvalue weighted by Gasteiger charge is 2.55. The van der Waals surface area contributed by atoms with E-state index in [2.05, 4.69) is 122 Å². The van der Waals surface area contributed by atoms with E-state index in [1.807, 2.05) is 28.8 Å². The number of para-hydroxylation sites is 1. The lowest BCUT2D eigenvalue weighted by Gasteiger charge is -2.44. The number of imidazole rings is 1. The Kier molecular flexibility index (Phi) is 9.93. The quantitative estimate of drug-likeness (QED) is 0.148. The first-order valence-corrected chi connectivity index (χ1v) is 26.0. The van der Waals surface area contributed by atoms with Crippen LogP contribution in [0.3, 0.4) is 0 Å². The van der Waals surface area contributed by atoms with Crippen molar-refractivity contribution in [2.45, 2.75) is 141 Å². The van der Waals surface area contributed by atoms with Crippen molar-refractivity contribution < 1.29 is 22.9 Å². The molecule has 270 valence electrons. The smallest absolute Gasteiger partial charge is 0.280 e. The van der Waals surface area contributed by atoms with Gasteiger partial charge in [-0.15, -0.1) is 5.10 Å². The van der Waals surface area contributed by atoms with Crippen LogP contribution in [0.15, 0.2) is 36.9 Å². The topological polar surface area (TPSA) is 120 Å². The van der Waals surface area contributed by atoms with Gasteiger partial charge in [0.15, 0.2) is 42.3 Å². The molecule has 1 saturated heterocycles. The summed E-state index contributed by atoms with van der Waals surface area (Å²) in [4.78, 5) is 21.4. The Hall–Kier alpha value is -2.54. The van der Waals surface area contributed by atoms with Crippen molar-refractivity contribution in [3.63, 3.8) is 0 Å². The average Bonchev–Trinajstić information content (AvgIpc) is 3.66. The molecular weight excluding hydrogens is 671 g/mol. The number of ether oxygens (including phenoxy) is 1. The second-order valence-electron chi connectivity index (χ2n) is 17.9. The third kappa shape index (κ3) is 7.44. The third-order valence-electron chi connectivity index (χ3n) is 11.3. The molecule has 0 radical (unpaired) electrons. The zero-order valence-electron chi connectivity index (χ0n) is 32.2. The van der Waals surface area contributed by atoms with E-state index in [-0.39, 0.29) is 33.2 Å². The fourth-order valence-corrected chi connectivity index (χ4v) is 8.57. The van der Waals surface area contributed by atoms with Gasteiger partial charge in [0, 0.05) is 0 Å². The molecule has 1 fully saturated rings. The fourth-order valence-electron chi connectivity index (χ4n) is 4.96. The van der Waals surface area contributed by atoms with Crippen molar-refractivity contribution in [1.82, 2.24) is 34.7 Å². The van der Waals surface area contributed by atoms with Crippen molar-refractivity contribution in [2.24, 2.45) is 0 Å². The molecular formula is C34H57N7O5Si3. The lowest BCUT2D eigenvalue weighted by Crippen LogP contribution is -2.54. The number of aromatic nitrogens is 7. The number of rotatable bonds is 10. The van der Waals surface area contributed by atoms with Crippen molar-refractivity contribution in [3.05, 3.63) is 36.9 Å². The Morgan fingerprint density at radius 2 is 1.35 bits per heavy atom. The van der Waals surface area contributed by atoms with Gasteiger partial charge in [-0.25, -0.2) is 9.97 Å².